The molecule has 0 aromatic heterocycles. The topological polar surface area (TPSA) is 41.8 Å². The standard InChI is InChI=1S/C16H15BrClNO2/c1-3-21-15-7-11(6-13(17)16(15)20)9-19-14-8-12(18)5-4-10(14)2/h4-9,20H,3H2,1-2H3. The lowest BCUT2D eigenvalue weighted by Gasteiger charge is -2.08. The summed E-state index contributed by atoms with van der Waals surface area (Å²) in [6, 6.07) is 9.09. The number of rotatable bonds is 4. The number of hydrogen-bond acceptors (Lipinski definition) is 3. The fourth-order valence-corrected chi connectivity index (χ4v) is 2.43. The predicted molar refractivity (Wildman–Crippen MR) is 90.4 cm³/mol. The average Bonchev–Trinajstić information content (AvgIpc) is 2.45. The lowest BCUT2D eigenvalue weighted by Crippen LogP contribution is -1.94. The van der Waals surface area contributed by atoms with Gasteiger partial charge in [0.1, 0.15) is 0 Å². The first-order valence-electron chi connectivity index (χ1n) is 6.46. The van der Waals surface area contributed by atoms with Crippen LogP contribution in [0.1, 0.15) is 18.1 Å². The molecule has 0 amide bonds. The van der Waals surface area contributed by atoms with E-state index < -0.39 is 0 Å². The molecule has 2 aromatic carbocycles. The smallest absolute Gasteiger partial charge is 0.172 e. The van der Waals surface area contributed by atoms with Crippen LogP contribution in [0.25, 0.3) is 0 Å². The van der Waals surface area contributed by atoms with Gasteiger partial charge in [0.2, 0.25) is 0 Å². The van der Waals surface area contributed by atoms with Crippen LogP contribution in [0.3, 0.4) is 0 Å². The van der Waals surface area contributed by atoms with E-state index in [2.05, 4.69) is 20.9 Å². The second kappa shape index (κ2) is 6.96. The Morgan fingerprint density at radius 2 is 2.10 bits per heavy atom. The van der Waals surface area contributed by atoms with Gasteiger partial charge in [-0.25, -0.2) is 0 Å². The molecule has 0 saturated carbocycles. The summed E-state index contributed by atoms with van der Waals surface area (Å²) in [4.78, 5) is 4.44. The zero-order chi connectivity index (χ0) is 15.4. The van der Waals surface area contributed by atoms with Crippen molar-refractivity contribution in [1.29, 1.82) is 0 Å². The fraction of sp³-hybridized carbons (Fsp3) is 0.188. The quantitative estimate of drug-likeness (QED) is 0.747. The van der Waals surface area contributed by atoms with E-state index in [0.717, 1.165) is 16.8 Å². The first kappa shape index (κ1) is 15.9. The second-order valence-electron chi connectivity index (χ2n) is 4.47. The van der Waals surface area contributed by atoms with Gasteiger partial charge in [0.05, 0.1) is 16.8 Å². The molecule has 2 aromatic rings. The van der Waals surface area contributed by atoms with Crippen LogP contribution in [0.5, 0.6) is 11.5 Å². The first-order chi connectivity index (χ1) is 10.0. The van der Waals surface area contributed by atoms with E-state index in [9.17, 15) is 5.11 Å². The van der Waals surface area contributed by atoms with Crippen LogP contribution >= 0.6 is 27.5 Å². The van der Waals surface area contributed by atoms with E-state index in [1.165, 1.54) is 0 Å². The number of benzene rings is 2. The zero-order valence-electron chi connectivity index (χ0n) is 11.7. The van der Waals surface area contributed by atoms with Crippen molar-refractivity contribution < 1.29 is 9.84 Å². The molecule has 21 heavy (non-hydrogen) atoms. The third-order valence-electron chi connectivity index (χ3n) is 2.87. The van der Waals surface area contributed by atoms with Gasteiger partial charge >= 0.3 is 0 Å². The number of aryl methyl sites for hydroxylation is 1. The molecule has 0 atom stereocenters. The van der Waals surface area contributed by atoms with Crippen LogP contribution in [0.15, 0.2) is 39.8 Å². The van der Waals surface area contributed by atoms with Crippen molar-refractivity contribution in [3.8, 4) is 11.5 Å². The molecule has 1 N–H and O–H groups in total. The Bertz CT molecular complexity index is 686. The summed E-state index contributed by atoms with van der Waals surface area (Å²) < 4.78 is 5.96. The van der Waals surface area contributed by atoms with Crippen molar-refractivity contribution in [3.05, 3.63) is 51.0 Å². The van der Waals surface area contributed by atoms with Crippen LogP contribution in [0.2, 0.25) is 5.02 Å². The Hall–Kier alpha value is -1.52. The minimum absolute atomic E-state index is 0.0907. The molecule has 2 rings (SSSR count). The van der Waals surface area contributed by atoms with Crippen LogP contribution in [-0.4, -0.2) is 17.9 Å². The highest BCUT2D eigenvalue weighted by molar-refractivity contribution is 9.10. The lowest BCUT2D eigenvalue weighted by atomic mass is 10.2. The van der Waals surface area contributed by atoms with Crippen molar-refractivity contribution >= 4 is 39.4 Å². The number of halogens is 2. The summed E-state index contributed by atoms with van der Waals surface area (Å²) in [5.74, 6) is 0.518. The Labute approximate surface area is 137 Å². The molecule has 110 valence electrons. The highest BCUT2D eigenvalue weighted by Gasteiger charge is 2.08. The van der Waals surface area contributed by atoms with Crippen molar-refractivity contribution in [2.45, 2.75) is 13.8 Å². The van der Waals surface area contributed by atoms with E-state index in [4.69, 9.17) is 16.3 Å². The van der Waals surface area contributed by atoms with E-state index in [-0.39, 0.29) is 5.75 Å². The van der Waals surface area contributed by atoms with Gasteiger partial charge in [-0.3, -0.25) is 4.99 Å². The SMILES string of the molecule is CCOc1cc(C=Nc2cc(Cl)ccc2C)cc(Br)c1O. The number of hydrogen-bond donors (Lipinski definition) is 1. The molecule has 0 aliphatic carbocycles. The lowest BCUT2D eigenvalue weighted by molar-refractivity contribution is 0.317. The summed E-state index contributed by atoms with van der Waals surface area (Å²) in [7, 11) is 0. The van der Waals surface area contributed by atoms with E-state index in [1.54, 1.807) is 18.3 Å². The molecule has 3 nitrogen and oxygen atoms in total. The van der Waals surface area contributed by atoms with Crippen molar-refractivity contribution in [2.75, 3.05) is 6.61 Å². The number of nitrogens with zero attached hydrogens (tertiary/aromatic N) is 1. The number of aromatic hydroxyl groups is 1. The average molecular weight is 369 g/mol. The number of aliphatic imine (C=N–C) groups is 1. The molecule has 5 heteroatoms. The molecule has 0 bridgehead atoms. The second-order valence-corrected chi connectivity index (χ2v) is 5.76. The molecule has 0 heterocycles. The minimum Gasteiger partial charge on any atom is -0.503 e. The largest absolute Gasteiger partial charge is 0.503 e. The molecule has 0 spiro atoms. The summed E-state index contributed by atoms with van der Waals surface area (Å²) >= 11 is 9.28. The fourth-order valence-electron chi connectivity index (χ4n) is 1.80. The summed E-state index contributed by atoms with van der Waals surface area (Å²) in [5, 5.41) is 10.5. The molecular weight excluding hydrogens is 354 g/mol. The van der Waals surface area contributed by atoms with Gasteiger partial charge in [-0.15, -0.1) is 0 Å². The molecular formula is C16H15BrClNO2. The van der Waals surface area contributed by atoms with Gasteiger partial charge in [-0.2, -0.15) is 0 Å². The minimum atomic E-state index is 0.0907. The van der Waals surface area contributed by atoms with Crippen molar-refractivity contribution in [3.63, 3.8) is 0 Å². The van der Waals surface area contributed by atoms with Crippen LogP contribution in [0, 0.1) is 6.92 Å². The molecule has 0 radical (unpaired) electrons. The number of phenolic OH excluding ortho intramolecular Hbond substituents is 1. The van der Waals surface area contributed by atoms with Gasteiger partial charge in [-0.05, 0) is 65.2 Å². The van der Waals surface area contributed by atoms with E-state index >= 15 is 0 Å². The van der Waals surface area contributed by atoms with Crippen molar-refractivity contribution in [2.24, 2.45) is 4.99 Å². The molecule has 0 aliphatic rings. The normalized spacial score (nSPS) is 11.0. The first-order valence-corrected chi connectivity index (χ1v) is 7.64. The maximum Gasteiger partial charge on any atom is 0.172 e. The Balaban J connectivity index is 2.34. The molecule has 0 saturated heterocycles. The Morgan fingerprint density at radius 1 is 1.33 bits per heavy atom. The zero-order valence-corrected chi connectivity index (χ0v) is 14.1. The summed E-state index contributed by atoms with van der Waals surface area (Å²) in [6.07, 6.45) is 1.71. The Kier molecular flexibility index (Phi) is 5.26. The van der Waals surface area contributed by atoms with Gasteiger partial charge in [0, 0.05) is 11.2 Å². The van der Waals surface area contributed by atoms with Gasteiger partial charge in [-0.1, -0.05) is 17.7 Å². The Morgan fingerprint density at radius 3 is 2.81 bits per heavy atom. The van der Waals surface area contributed by atoms with E-state index in [0.29, 0.717) is 21.9 Å². The molecule has 0 fully saturated rings. The third kappa shape index (κ3) is 3.99. The van der Waals surface area contributed by atoms with Crippen LogP contribution < -0.4 is 4.74 Å². The highest BCUT2D eigenvalue weighted by atomic mass is 79.9. The number of phenols is 1. The van der Waals surface area contributed by atoms with E-state index in [1.807, 2.05) is 32.0 Å². The monoisotopic (exact) mass is 367 g/mol. The molecule has 0 unspecified atom stereocenters. The highest BCUT2D eigenvalue weighted by Crippen LogP contribution is 2.35. The summed E-state index contributed by atoms with van der Waals surface area (Å²) in [5.41, 5.74) is 2.67. The van der Waals surface area contributed by atoms with Gasteiger partial charge < -0.3 is 9.84 Å². The molecule has 0 aliphatic heterocycles. The van der Waals surface area contributed by atoms with Gasteiger partial charge in [0.15, 0.2) is 11.5 Å². The third-order valence-corrected chi connectivity index (χ3v) is 3.71. The predicted octanol–water partition coefficient (Wildman–Crippen LogP) is 5.27. The summed E-state index contributed by atoms with van der Waals surface area (Å²) in [6.45, 7) is 4.32. The number of ether oxygens (including phenoxy) is 1. The van der Waals surface area contributed by atoms with Crippen LogP contribution in [0.4, 0.5) is 5.69 Å². The van der Waals surface area contributed by atoms with Crippen LogP contribution in [-0.2, 0) is 0 Å². The van der Waals surface area contributed by atoms with Gasteiger partial charge in [0.25, 0.3) is 0 Å². The maximum absolute atomic E-state index is 9.89. The maximum atomic E-state index is 9.89. The van der Waals surface area contributed by atoms with Crippen molar-refractivity contribution in [1.82, 2.24) is 0 Å².